The van der Waals surface area contributed by atoms with Gasteiger partial charge in [-0.1, -0.05) is 6.92 Å². The molecule has 0 unspecified atom stereocenters. The molecule has 1 heterocycles. The molecule has 0 fully saturated rings. The zero-order valence-corrected chi connectivity index (χ0v) is 5.23. The first kappa shape index (κ1) is 5.35. The van der Waals surface area contributed by atoms with Crippen molar-refractivity contribution < 1.29 is 1.43 Å². The van der Waals surface area contributed by atoms with Crippen LogP contribution in [0.1, 0.15) is 19.9 Å². The molecule has 0 radical (unpaired) electrons. The molecule has 46 valence electrons. The van der Waals surface area contributed by atoms with Gasteiger partial charge < -0.3 is 4.98 Å². The quantitative estimate of drug-likeness (QED) is 0.586. The van der Waals surface area contributed by atoms with Crippen molar-refractivity contribution in [3.05, 3.63) is 17.7 Å². The topological polar surface area (TPSA) is 28.7 Å². The maximum absolute atomic E-state index is 4.03. The van der Waals surface area contributed by atoms with Crippen molar-refractivity contribution in [1.82, 2.24) is 9.97 Å². The molecule has 0 aliphatic rings. The molecular weight excluding hydrogens is 100 g/mol. The van der Waals surface area contributed by atoms with Crippen LogP contribution in [0.15, 0.2) is 6.20 Å². The maximum atomic E-state index is 4.03. The molecule has 0 saturated carbocycles. The van der Waals surface area contributed by atoms with Crippen molar-refractivity contribution in [3.63, 3.8) is 0 Å². The minimum absolute atomic E-state index is 0. The molecular formula is C6H12N2. The van der Waals surface area contributed by atoms with E-state index < -0.39 is 0 Å². The second-order valence-corrected chi connectivity index (χ2v) is 1.85. The minimum Gasteiger partial charge on any atom is -0.346 e. The molecule has 0 spiro atoms. The summed E-state index contributed by atoms with van der Waals surface area (Å²) in [6, 6.07) is 0. The number of imidazole rings is 1. The lowest BCUT2D eigenvalue weighted by Gasteiger charge is -1.82. The molecule has 0 atom stereocenters. The second-order valence-electron chi connectivity index (χ2n) is 1.85. The number of aromatic nitrogens is 2. The average molecular weight is 112 g/mol. The lowest BCUT2D eigenvalue weighted by atomic mass is 10.4. The molecule has 0 saturated heterocycles. The summed E-state index contributed by atoms with van der Waals surface area (Å²) in [6.07, 6.45) is 2.91. The van der Waals surface area contributed by atoms with Crippen molar-refractivity contribution in [1.29, 1.82) is 0 Å². The van der Waals surface area contributed by atoms with E-state index in [0.717, 1.165) is 12.2 Å². The Balaban J connectivity index is 0.000000640. The smallest absolute Gasteiger partial charge is 0.103 e. The van der Waals surface area contributed by atoms with Crippen molar-refractivity contribution in [2.24, 2.45) is 0 Å². The summed E-state index contributed by atoms with van der Waals surface area (Å²) >= 11 is 0. The largest absolute Gasteiger partial charge is 0.346 e. The molecule has 2 heteroatoms. The molecule has 8 heavy (non-hydrogen) atoms. The number of hydrogen-bond donors (Lipinski definition) is 1. The van der Waals surface area contributed by atoms with Crippen LogP contribution in [0.25, 0.3) is 0 Å². The van der Waals surface area contributed by atoms with E-state index >= 15 is 0 Å². The molecule has 1 rings (SSSR count). The highest BCUT2D eigenvalue weighted by Crippen LogP contribution is 1.94. The van der Waals surface area contributed by atoms with Gasteiger partial charge in [-0.3, -0.25) is 0 Å². The Hall–Kier alpha value is -0.790. The number of nitrogens with zero attached hydrogens (tertiary/aromatic N) is 1. The normalized spacial score (nSPS) is 9.75. The van der Waals surface area contributed by atoms with Crippen LogP contribution >= 0.6 is 0 Å². The summed E-state index contributed by atoms with van der Waals surface area (Å²) in [5, 5.41) is 0. The lowest BCUT2D eigenvalue weighted by molar-refractivity contribution is 1.04. The van der Waals surface area contributed by atoms with Crippen LogP contribution in [-0.4, -0.2) is 9.97 Å². The average Bonchev–Trinajstić information content (AvgIpc) is 2.14. The van der Waals surface area contributed by atoms with E-state index in [1.54, 1.807) is 0 Å². The third-order valence-electron chi connectivity index (χ3n) is 1.14. The van der Waals surface area contributed by atoms with Gasteiger partial charge in [0.2, 0.25) is 0 Å². The van der Waals surface area contributed by atoms with Crippen LogP contribution < -0.4 is 0 Å². The fraction of sp³-hybridized carbons (Fsp3) is 0.500. The lowest BCUT2D eigenvalue weighted by Crippen LogP contribution is -1.76. The van der Waals surface area contributed by atoms with E-state index in [-0.39, 0.29) is 1.43 Å². The van der Waals surface area contributed by atoms with Crippen molar-refractivity contribution in [2.45, 2.75) is 20.3 Å². The Morgan fingerprint density at radius 1 is 1.88 bits per heavy atom. The van der Waals surface area contributed by atoms with E-state index in [4.69, 9.17) is 0 Å². The maximum Gasteiger partial charge on any atom is 0.103 e. The predicted octanol–water partition coefficient (Wildman–Crippen LogP) is 1.53. The van der Waals surface area contributed by atoms with Gasteiger partial charge in [0, 0.05) is 13.3 Å². The highest BCUT2D eigenvalue weighted by molar-refractivity contribution is 4.98. The Morgan fingerprint density at radius 3 is 2.88 bits per heavy atom. The van der Waals surface area contributed by atoms with Crippen LogP contribution in [0.4, 0.5) is 0 Å². The summed E-state index contributed by atoms with van der Waals surface area (Å²) in [5.41, 5.74) is 1.21. The summed E-state index contributed by atoms with van der Waals surface area (Å²) < 4.78 is 0. The molecule has 1 aromatic heterocycles. The first-order chi connectivity index (χ1) is 3.83. The Kier molecular flexibility index (Phi) is 1.33. The SMILES string of the molecule is CCc1cnc(C)[nH]1.[HH]. The van der Waals surface area contributed by atoms with Gasteiger partial charge in [0.05, 0.1) is 0 Å². The number of nitrogens with one attached hydrogen (secondary N) is 1. The fourth-order valence-electron chi connectivity index (χ4n) is 0.651. The number of rotatable bonds is 1. The van der Waals surface area contributed by atoms with Gasteiger partial charge in [-0.15, -0.1) is 0 Å². The van der Waals surface area contributed by atoms with Gasteiger partial charge in [-0.25, -0.2) is 4.98 Å². The monoisotopic (exact) mass is 112 g/mol. The third-order valence-corrected chi connectivity index (χ3v) is 1.14. The Morgan fingerprint density at radius 2 is 2.62 bits per heavy atom. The van der Waals surface area contributed by atoms with Crippen LogP contribution in [0, 0.1) is 6.92 Å². The van der Waals surface area contributed by atoms with E-state index in [1.807, 2.05) is 13.1 Å². The predicted molar refractivity (Wildman–Crippen MR) is 34.8 cm³/mol. The van der Waals surface area contributed by atoms with Gasteiger partial charge in [0.15, 0.2) is 0 Å². The number of hydrogen-bond acceptors (Lipinski definition) is 1. The first-order valence-electron chi connectivity index (χ1n) is 2.83. The minimum atomic E-state index is 0. The molecule has 0 amide bonds. The zero-order valence-electron chi connectivity index (χ0n) is 5.23. The van der Waals surface area contributed by atoms with E-state index in [1.165, 1.54) is 5.69 Å². The molecule has 1 aromatic rings. The van der Waals surface area contributed by atoms with Gasteiger partial charge in [-0.05, 0) is 13.3 Å². The molecule has 1 N–H and O–H groups in total. The van der Waals surface area contributed by atoms with Crippen LogP contribution in [-0.2, 0) is 6.42 Å². The zero-order chi connectivity index (χ0) is 5.98. The van der Waals surface area contributed by atoms with Crippen LogP contribution in [0.3, 0.4) is 0 Å². The number of aromatic amines is 1. The van der Waals surface area contributed by atoms with Crippen molar-refractivity contribution >= 4 is 0 Å². The van der Waals surface area contributed by atoms with Gasteiger partial charge >= 0.3 is 0 Å². The molecule has 0 bridgehead atoms. The molecule has 0 aliphatic heterocycles. The molecule has 2 nitrogen and oxygen atoms in total. The standard InChI is InChI=1S/C6H10N2.H2/c1-3-6-4-7-5(2)8-6;/h4H,3H2,1-2H3,(H,7,8);1H. The summed E-state index contributed by atoms with van der Waals surface area (Å²) in [5.74, 6) is 1.00. The highest BCUT2D eigenvalue weighted by atomic mass is 14.9. The van der Waals surface area contributed by atoms with Crippen LogP contribution in [0.5, 0.6) is 0 Å². The highest BCUT2D eigenvalue weighted by Gasteiger charge is 1.89. The Bertz CT molecular complexity index is 171. The Labute approximate surface area is 50.4 Å². The second kappa shape index (κ2) is 1.99. The summed E-state index contributed by atoms with van der Waals surface area (Å²) in [6.45, 7) is 4.06. The molecule has 0 aromatic carbocycles. The fourth-order valence-corrected chi connectivity index (χ4v) is 0.651. The van der Waals surface area contributed by atoms with Crippen molar-refractivity contribution in [3.8, 4) is 0 Å². The number of aryl methyl sites for hydroxylation is 2. The first-order valence-corrected chi connectivity index (χ1v) is 2.83. The van der Waals surface area contributed by atoms with Gasteiger partial charge in [-0.2, -0.15) is 0 Å². The van der Waals surface area contributed by atoms with Gasteiger partial charge in [0.1, 0.15) is 5.82 Å². The van der Waals surface area contributed by atoms with Crippen LogP contribution in [0.2, 0.25) is 0 Å². The third kappa shape index (κ3) is 0.886. The van der Waals surface area contributed by atoms with E-state index in [2.05, 4.69) is 16.9 Å². The molecule has 0 aliphatic carbocycles. The van der Waals surface area contributed by atoms with Gasteiger partial charge in [0.25, 0.3) is 0 Å². The number of H-pyrrole nitrogens is 1. The summed E-state index contributed by atoms with van der Waals surface area (Å²) in [4.78, 5) is 7.15. The van der Waals surface area contributed by atoms with Crippen molar-refractivity contribution in [2.75, 3.05) is 0 Å². The summed E-state index contributed by atoms with van der Waals surface area (Å²) in [7, 11) is 0. The van der Waals surface area contributed by atoms with E-state index in [9.17, 15) is 0 Å². The van der Waals surface area contributed by atoms with E-state index in [0.29, 0.717) is 0 Å².